The van der Waals surface area contributed by atoms with Gasteiger partial charge in [-0.3, -0.25) is 0 Å². The molecule has 0 atom stereocenters. The molecular weight excluding hydrogens is 517 g/mol. The average Bonchev–Trinajstić information content (AvgIpc) is 3.19. The zero-order chi connectivity index (χ0) is 14.3. The molecule has 0 radical (unpaired) electrons. The van der Waals surface area contributed by atoms with Crippen molar-refractivity contribution in [3.63, 3.8) is 0 Å². The fraction of sp³-hybridized carbons (Fsp3) is 0.385. The third-order valence-corrected chi connectivity index (χ3v) is 7.37. The van der Waals surface area contributed by atoms with Crippen LogP contribution in [-0.2, 0) is 0 Å². The van der Waals surface area contributed by atoms with E-state index >= 15 is 0 Å². The van der Waals surface area contributed by atoms with E-state index in [0.717, 1.165) is 31.3 Å². The van der Waals surface area contributed by atoms with Crippen LogP contribution in [0.4, 0.5) is 5.82 Å². The van der Waals surface area contributed by atoms with Crippen LogP contribution in [0.15, 0.2) is 14.3 Å². The molecular formula is C13H12Br2IN3S. The van der Waals surface area contributed by atoms with Gasteiger partial charge < -0.3 is 5.32 Å². The molecule has 2 heterocycles. The lowest BCUT2D eigenvalue weighted by atomic mass is 10.2. The lowest BCUT2D eigenvalue weighted by Crippen LogP contribution is -2.07. The second-order valence-corrected chi connectivity index (χ2v) is 8.94. The normalized spacial score (nSPS) is 14.6. The van der Waals surface area contributed by atoms with Crippen LogP contribution >= 0.6 is 65.8 Å². The minimum Gasteiger partial charge on any atom is -0.369 e. The predicted octanol–water partition coefficient (Wildman–Crippen LogP) is 5.64. The van der Waals surface area contributed by atoms with Gasteiger partial charge in [0.05, 0.1) is 17.9 Å². The lowest BCUT2D eigenvalue weighted by molar-refractivity contribution is 0.974. The van der Waals surface area contributed by atoms with E-state index in [1.54, 1.807) is 11.3 Å². The number of rotatable bonds is 4. The fourth-order valence-corrected chi connectivity index (χ4v) is 4.79. The molecule has 0 bridgehead atoms. The Morgan fingerprint density at radius 2 is 2.15 bits per heavy atom. The highest BCUT2D eigenvalue weighted by molar-refractivity contribution is 14.1. The Kier molecular flexibility index (Phi) is 4.69. The van der Waals surface area contributed by atoms with Gasteiger partial charge in [0.15, 0.2) is 5.82 Å². The summed E-state index contributed by atoms with van der Waals surface area (Å²) in [7, 11) is 0. The highest BCUT2D eigenvalue weighted by Crippen LogP contribution is 2.44. The van der Waals surface area contributed by atoms with Crippen LogP contribution in [0.2, 0.25) is 0 Å². The molecule has 1 aliphatic carbocycles. The van der Waals surface area contributed by atoms with Crippen LogP contribution in [0.5, 0.6) is 0 Å². The van der Waals surface area contributed by atoms with Gasteiger partial charge in [0.25, 0.3) is 0 Å². The first-order valence-corrected chi connectivity index (χ1v) is 9.84. The molecule has 0 aromatic carbocycles. The summed E-state index contributed by atoms with van der Waals surface area (Å²) in [6, 6.07) is 2.07. The molecule has 0 aliphatic heterocycles. The fourth-order valence-electron chi connectivity index (χ4n) is 1.94. The van der Waals surface area contributed by atoms with Crippen LogP contribution < -0.4 is 5.32 Å². The summed E-state index contributed by atoms with van der Waals surface area (Å²) in [5.74, 6) is 2.40. The molecule has 1 saturated carbocycles. The molecule has 0 saturated heterocycles. The highest BCUT2D eigenvalue weighted by Gasteiger charge is 2.29. The van der Waals surface area contributed by atoms with Crippen molar-refractivity contribution >= 4 is 71.6 Å². The molecule has 106 valence electrons. The maximum atomic E-state index is 4.81. The molecule has 3 nitrogen and oxygen atoms in total. The van der Waals surface area contributed by atoms with Gasteiger partial charge in [0.2, 0.25) is 0 Å². The third kappa shape index (κ3) is 3.05. The Labute approximate surface area is 152 Å². The van der Waals surface area contributed by atoms with E-state index in [1.165, 1.54) is 22.1 Å². The van der Waals surface area contributed by atoms with Crippen LogP contribution in [0.3, 0.4) is 0 Å². The third-order valence-electron chi connectivity index (χ3n) is 3.05. The summed E-state index contributed by atoms with van der Waals surface area (Å²) >= 11 is 11.1. The molecule has 3 rings (SSSR count). The van der Waals surface area contributed by atoms with Gasteiger partial charge >= 0.3 is 0 Å². The topological polar surface area (TPSA) is 37.8 Å². The van der Waals surface area contributed by atoms with Crippen molar-refractivity contribution in [1.29, 1.82) is 0 Å². The molecule has 0 unspecified atom stereocenters. The molecule has 2 aromatic rings. The minimum atomic E-state index is 0.618. The van der Waals surface area contributed by atoms with Gasteiger partial charge in [-0.15, -0.1) is 11.3 Å². The van der Waals surface area contributed by atoms with E-state index < -0.39 is 0 Å². The van der Waals surface area contributed by atoms with Gasteiger partial charge in [-0.2, -0.15) is 0 Å². The highest BCUT2D eigenvalue weighted by atomic mass is 127. The first kappa shape index (κ1) is 15.2. The van der Waals surface area contributed by atoms with Crippen molar-refractivity contribution < 1.29 is 0 Å². The van der Waals surface area contributed by atoms with Gasteiger partial charge in [-0.05, 0) is 80.3 Å². The largest absolute Gasteiger partial charge is 0.369 e. The standard InChI is InChI=1S/C13H12Br2IN3S/c1-2-17-13-9(16)10(6-3-4-6)18-12(19-13)8-5-7(14)11(15)20-8/h5-6H,2-4H2,1H3,(H,17,18,19). The van der Waals surface area contributed by atoms with E-state index in [4.69, 9.17) is 9.97 Å². The number of hydrogen-bond acceptors (Lipinski definition) is 4. The Hall–Kier alpha value is 0.270. The minimum absolute atomic E-state index is 0.618. The lowest BCUT2D eigenvalue weighted by Gasteiger charge is -2.11. The smallest absolute Gasteiger partial charge is 0.172 e. The maximum Gasteiger partial charge on any atom is 0.172 e. The molecule has 2 aromatic heterocycles. The summed E-state index contributed by atoms with van der Waals surface area (Å²) in [6.07, 6.45) is 2.49. The van der Waals surface area contributed by atoms with Crippen LogP contribution in [0.25, 0.3) is 10.7 Å². The van der Waals surface area contributed by atoms with E-state index in [-0.39, 0.29) is 0 Å². The number of halogens is 3. The van der Waals surface area contributed by atoms with E-state index in [2.05, 4.69) is 72.8 Å². The van der Waals surface area contributed by atoms with Crippen molar-refractivity contribution in [1.82, 2.24) is 9.97 Å². The second-order valence-electron chi connectivity index (χ2n) is 4.63. The first-order valence-electron chi connectivity index (χ1n) is 6.36. The van der Waals surface area contributed by atoms with Crippen molar-refractivity contribution in [2.45, 2.75) is 25.7 Å². The van der Waals surface area contributed by atoms with Gasteiger partial charge in [-0.1, -0.05) is 0 Å². The van der Waals surface area contributed by atoms with Gasteiger partial charge in [0, 0.05) is 16.9 Å². The Morgan fingerprint density at radius 1 is 1.40 bits per heavy atom. The number of aromatic nitrogens is 2. The molecule has 1 fully saturated rings. The Bertz CT molecular complexity index is 636. The second kappa shape index (κ2) is 6.18. The molecule has 1 aliphatic rings. The zero-order valence-electron chi connectivity index (χ0n) is 10.7. The quantitative estimate of drug-likeness (QED) is 0.522. The monoisotopic (exact) mass is 527 g/mol. The molecule has 0 spiro atoms. The van der Waals surface area contributed by atoms with E-state index in [0.29, 0.717) is 5.92 Å². The Balaban J connectivity index is 2.10. The molecule has 0 amide bonds. The van der Waals surface area contributed by atoms with Crippen LogP contribution in [-0.4, -0.2) is 16.5 Å². The van der Waals surface area contributed by atoms with E-state index in [9.17, 15) is 0 Å². The van der Waals surface area contributed by atoms with Gasteiger partial charge in [0.1, 0.15) is 5.82 Å². The average molecular weight is 529 g/mol. The van der Waals surface area contributed by atoms with Crippen molar-refractivity contribution in [3.8, 4) is 10.7 Å². The van der Waals surface area contributed by atoms with Crippen LogP contribution in [0.1, 0.15) is 31.4 Å². The van der Waals surface area contributed by atoms with Crippen molar-refractivity contribution in [2.24, 2.45) is 0 Å². The molecule has 7 heteroatoms. The summed E-state index contributed by atoms with van der Waals surface area (Å²) in [5, 5.41) is 3.35. The van der Waals surface area contributed by atoms with Crippen molar-refractivity contribution in [2.75, 3.05) is 11.9 Å². The predicted molar refractivity (Wildman–Crippen MR) is 99.6 cm³/mol. The number of anilines is 1. The number of nitrogens with zero attached hydrogens (tertiary/aromatic N) is 2. The summed E-state index contributed by atoms with van der Waals surface area (Å²) in [4.78, 5) is 10.6. The van der Waals surface area contributed by atoms with Crippen molar-refractivity contribution in [3.05, 3.63) is 23.6 Å². The Morgan fingerprint density at radius 3 is 2.70 bits per heavy atom. The first-order chi connectivity index (χ1) is 9.60. The summed E-state index contributed by atoms with van der Waals surface area (Å²) in [5.41, 5.74) is 1.20. The number of hydrogen-bond donors (Lipinski definition) is 1. The molecule has 1 N–H and O–H groups in total. The zero-order valence-corrected chi connectivity index (χ0v) is 16.9. The molecule has 20 heavy (non-hydrogen) atoms. The summed E-state index contributed by atoms with van der Waals surface area (Å²) < 4.78 is 3.30. The number of nitrogens with one attached hydrogen (secondary N) is 1. The van der Waals surface area contributed by atoms with E-state index in [1.807, 2.05) is 0 Å². The number of thiophene rings is 1. The summed E-state index contributed by atoms with van der Waals surface area (Å²) in [6.45, 7) is 2.96. The van der Waals surface area contributed by atoms with Crippen LogP contribution in [0, 0.1) is 3.57 Å². The maximum absolute atomic E-state index is 4.81. The van der Waals surface area contributed by atoms with Gasteiger partial charge in [-0.25, -0.2) is 9.97 Å². The SMILES string of the molecule is CCNc1nc(-c2cc(Br)c(Br)s2)nc(C2CC2)c1I.